The van der Waals surface area contributed by atoms with Crippen molar-refractivity contribution in [2.45, 2.75) is 0 Å². The Bertz CT molecular complexity index is 321. The lowest BCUT2D eigenvalue weighted by atomic mass is 10.4. The maximum absolute atomic E-state index is 10.2. The number of isothiocyanates is 1. The van der Waals surface area contributed by atoms with Crippen molar-refractivity contribution in [2.24, 2.45) is 4.99 Å². The van der Waals surface area contributed by atoms with Gasteiger partial charge in [0.05, 0.1) is 10.1 Å². The van der Waals surface area contributed by atoms with Crippen LogP contribution in [0.15, 0.2) is 23.3 Å². The Morgan fingerprint density at radius 2 is 2.42 bits per heavy atom. The minimum atomic E-state index is -0.530. The molecule has 0 aliphatic heterocycles. The van der Waals surface area contributed by atoms with Crippen LogP contribution in [0.2, 0.25) is 0 Å². The number of rotatable bonds is 2. The first-order valence-electron chi connectivity index (χ1n) is 2.92. The zero-order chi connectivity index (χ0) is 8.97. The van der Waals surface area contributed by atoms with Gasteiger partial charge in [-0.25, -0.2) is 4.98 Å². The van der Waals surface area contributed by atoms with Crippen molar-refractivity contribution in [1.82, 2.24) is 4.98 Å². The molecule has 5 nitrogen and oxygen atoms in total. The van der Waals surface area contributed by atoms with Crippen molar-refractivity contribution < 1.29 is 4.92 Å². The molecule has 0 saturated carbocycles. The molecule has 12 heavy (non-hydrogen) atoms. The fourth-order valence-electron chi connectivity index (χ4n) is 0.599. The average Bonchev–Trinajstić information content (AvgIpc) is 2.06. The molecule has 1 rings (SSSR count). The van der Waals surface area contributed by atoms with E-state index in [-0.39, 0.29) is 5.69 Å². The fraction of sp³-hybridized carbons (Fsp3) is 0. The van der Waals surface area contributed by atoms with Crippen LogP contribution < -0.4 is 0 Å². The molecule has 0 aromatic carbocycles. The molecular formula is C6H3N3O2S. The number of hydrogen-bond donors (Lipinski definition) is 0. The molecule has 0 bridgehead atoms. The van der Waals surface area contributed by atoms with Crippen molar-refractivity contribution in [1.29, 1.82) is 0 Å². The summed E-state index contributed by atoms with van der Waals surface area (Å²) in [6.07, 6.45) is 1.12. The largest absolute Gasteiger partial charge is 0.287 e. The standard InChI is InChI=1S/C6H3N3O2S/c10-9(11)5-1-2-6(7-3-5)8-4-12/h1-3H. The van der Waals surface area contributed by atoms with Gasteiger partial charge >= 0.3 is 0 Å². The van der Waals surface area contributed by atoms with E-state index in [0.29, 0.717) is 5.82 Å². The highest BCUT2D eigenvalue weighted by molar-refractivity contribution is 7.78. The molecule has 0 amide bonds. The van der Waals surface area contributed by atoms with E-state index in [1.54, 1.807) is 0 Å². The van der Waals surface area contributed by atoms with Crippen LogP contribution in [0.3, 0.4) is 0 Å². The Hall–Kier alpha value is -1.65. The van der Waals surface area contributed by atoms with E-state index in [0.717, 1.165) is 6.20 Å². The number of aliphatic imine (C=N–C) groups is 1. The van der Waals surface area contributed by atoms with Gasteiger partial charge in [-0.05, 0) is 18.3 Å². The molecule has 0 aliphatic rings. The normalized spacial score (nSPS) is 8.67. The Morgan fingerprint density at radius 1 is 1.67 bits per heavy atom. The molecule has 1 aromatic rings. The summed E-state index contributed by atoms with van der Waals surface area (Å²) in [7, 11) is 0. The SMILES string of the molecule is O=[N+]([O-])c1ccc(N=C=S)nc1. The maximum Gasteiger partial charge on any atom is 0.287 e. The summed E-state index contributed by atoms with van der Waals surface area (Å²) in [5.41, 5.74) is -0.0710. The van der Waals surface area contributed by atoms with Crippen LogP contribution in [0, 0.1) is 10.1 Å². The average molecular weight is 181 g/mol. The van der Waals surface area contributed by atoms with Crippen molar-refractivity contribution in [3.63, 3.8) is 0 Å². The number of pyridine rings is 1. The topological polar surface area (TPSA) is 68.4 Å². The van der Waals surface area contributed by atoms with Crippen LogP contribution in [-0.2, 0) is 0 Å². The number of nitro groups is 1. The van der Waals surface area contributed by atoms with E-state index in [1.807, 2.05) is 0 Å². The third-order valence-corrected chi connectivity index (χ3v) is 1.19. The quantitative estimate of drug-likeness (QED) is 0.301. The van der Waals surface area contributed by atoms with Crippen LogP contribution in [-0.4, -0.2) is 15.1 Å². The summed E-state index contributed by atoms with van der Waals surface area (Å²) in [5.74, 6) is 0.315. The van der Waals surface area contributed by atoms with Gasteiger partial charge in [0.2, 0.25) is 0 Å². The Morgan fingerprint density at radius 3 is 2.83 bits per heavy atom. The molecular weight excluding hydrogens is 178 g/mol. The summed E-state index contributed by atoms with van der Waals surface area (Å²) in [5, 5.41) is 12.3. The van der Waals surface area contributed by atoms with Crippen molar-refractivity contribution in [3.8, 4) is 0 Å². The molecule has 0 aliphatic carbocycles. The van der Waals surface area contributed by atoms with Gasteiger partial charge in [-0.3, -0.25) is 10.1 Å². The van der Waals surface area contributed by atoms with E-state index >= 15 is 0 Å². The molecule has 0 saturated heterocycles. The van der Waals surface area contributed by atoms with Gasteiger partial charge in [-0.2, -0.15) is 4.99 Å². The van der Waals surface area contributed by atoms with Crippen LogP contribution in [0.25, 0.3) is 0 Å². The zero-order valence-electron chi connectivity index (χ0n) is 5.80. The molecule has 0 N–H and O–H groups in total. The Kier molecular flexibility index (Phi) is 2.57. The molecule has 0 fully saturated rings. The summed E-state index contributed by atoms with van der Waals surface area (Å²) in [4.78, 5) is 16.8. The second-order valence-corrected chi connectivity index (χ2v) is 2.02. The molecule has 0 spiro atoms. The summed E-state index contributed by atoms with van der Waals surface area (Å²) < 4.78 is 0. The highest BCUT2D eigenvalue weighted by Gasteiger charge is 2.03. The van der Waals surface area contributed by atoms with Gasteiger partial charge in [0.15, 0.2) is 5.82 Å². The maximum atomic E-state index is 10.2. The first-order chi connectivity index (χ1) is 5.74. The summed E-state index contributed by atoms with van der Waals surface area (Å²) in [6, 6.07) is 2.70. The van der Waals surface area contributed by atoms with Crippen LogP contribution in [0.1, 0.15) is 0 Å². The van der Waals surface area contributed by atoms with Gasteiger partial charge in [-0.15, -0.1) is 0 Å². The third-order valence-electron chi connectivity index (χ3n) is 1.10. The molecule has 1 aromatic heterocycles. The second kappa shape index (κ2) is 3.66. The molecule has 0 unspecified atom stereocenters. The minimum absolute atomic E-state index is 0.0710. The molecule has 1 heterocycles. The predicted octanol–water partition coefficient (Wildman–Crippen LogP) is 1.72. The Labute approximate surface area is 72.9 Å². The van der Waals surface area contributed by atoms with E-state index in [9.17, 15) is 10.1 Å². The van der Waals surface area contributed by atoms with Gasteiger partial charge in [0.1, 0.15) is 6.20 Å². The Balaban J connectivity index is 3.00. The molecule has 0 atom stereocenters. The zero-order valence-corrected chi connectivity index (χ0v) is 6.61. The van der Waals surface area contributed by atoms with E-state index in [4.69, 9.17) is 0 Å². The molecule has 60 valence electrons. The van der Waals surface area contributed by atoms with Crippen molar-refractivity contribution in [2.75, 3.05) is 0 Å². The predicted molar refractivity (Wildman–Crippen MR) is 45.6 cm³/mol. The number of thiocarbonyl (C=S) groups is 1. The smallest absolute Gasteiger partial charge is 0.258 e. The molecule has 6 heteroatoms. The van der Waals surface area contributed by atoms with Gasteiger partial charge in [0, 0.05) is 6.07 Å². The van der Waals surface area contributed by atoms with E-state index < -0.39 is 4.92 Å². The highest BCUT2D eigenvalue weighted by atomic mass is 32.1. The van der Waals surface area contributed by atoms with E-state index in [2.05, 4.69) is 27.4 Å². The monoisotopic (exact) mass is 181 g/mol. The first kappa shape index (κ1) is 8.45. The lowest BCUT2D eigenvalue weighted by molar-refractivity contribution is -0.385. The van der Waals surface area contributed by atoms with E-state index in [1.165, 1.54) is 12.1 Å². The van der Waals surface area contributed by atoms with Gasteiger partial charge < -0.3 is 0 Å². The first-order valence-corrected chi connectivity index (χ1v) is 3.33. The fourth-order valence-corrected chi connectivity index (χ4v) is 0.693. The van der Waals surface area contributed by atoms with Crippen molar-refractivity contribution in [3.05, 3.63) is 28.4 Å². The minimum Gasteiger partial charge on any atom is -0.258 e. The van der Waals surface area contributed by atoms with Gasteiger partial charge in [0.25, 0.3) is 5.69 Å². The highest BCUT2D eigenvalue weighted by Crippen LogP contribution is 2.12. The van der Waals surface area contributed by atoms with Crippen molar-refractivity contribution >= 4 is 28.9 Å². The second-order valence-electron chi connectivity index (χ2n) is 1.83. The van der Waals surface area contributed by atoms with Crippen LogP contribution >= 0.6 is 12.2 Å². The number of aromatic nitrogens is 1. The lowest BCUT2D eigenvalue weighted by Crippen LogP contribution is -1.87. The number of hydrogen-bond acceptors (Lipinski definition) is 5. The lowest BCUT2D eigenvalue weighted by Gasteiger charge is -1.89. The molecule has 0 radical (unpaired) electrons. The summed E-state index contributed by atoms with van der Waals surface area (Å²) in [6.45, 7) is 0. The van der Waals surface area contributed by atoms with Crippen LogP contribution in [0.4, 0.5) is 11.5 Å². The third kappa shape index (κ3) is 1.91. The van der Waals surface area contributed by atoms with Gasteiger partial charge in [-0.1, -0.05) is 0 Å². The van der Waals surface area contributed by atoms with Crippen LogP contribution in [0.5, 0.6) is 0 Å². The summed E-state index contributed by atoms with van der Waals surface area (Å²) >= 11 is 4.33. The number of nitrogens with zero attached hydrogens (tertiary/aromatic N) is 3.